The molecule has 3 heterocycles. The number of hydrogen-bond acceptors (Lipinski definition) is 8. The maximum atomic E-state index is 12.7. The van der Waals surface area contributed by atoms with Crippen molar-refractivity contribution in [1.29, 1.82) is 0 Å². The van der Waals surface area contributed by atoms with Gasteiger partial charge in [-0.3, -0.25) is 9.69 Å². The number of aryl methyl sites for hydroxylation is 1. The van der Waals surface area contributed by atoms with E-state index in [1.54, 1.807) is 13.3 Å². The Morgan fingerprint density at radius 3 is 2.70 bits per heavy atom. The molecule has 0 unspecified atom stereocenters. The van der Waals surface area contributed by atoms with Gasteiger partial charge in [0.1, 0.15) is 5.75 Å². The molecule has 1 aliphatic rings. The molecule has 40 heavy (non-hydrogen) atoms. The zero-order chi connectivity index (χ0) is 27.6. The van der Waals surface area contributed by atoms with Crippen LogP contribution in [-0.2, 0) is 17.6 Å². The van der Waals surface area contributed by atoms with Crippen LogP contribution in [-0.4, -0.2) is 67.3 Å². The molecule has 2 aromatic heterocycles. The molecule has 208 valence electrons. The number of aromatic nitrogens is 2. The summed E-state index contributed by atoms with van der Waals surface area (Å²) in [4.78, 5) is 25.8. The number of rotatable bonds is 12. The summed E-state index contributed by atoms with van der Waals surface area (Å²) >= 11 is 1.43. The molecule has 0 radical (unpaired) electrons. The third-order valence-corrected chi connectivity index (χ3v) is 7.94. The van der Waals surface area contributed by atoms with E-state index in [0.29, 0.717) is 17.4 Å². The molecule has 8 nitrogen and oxygen atoms in total. The van der Waals surface area contributed by atoms with Crippen LogP contribution in [0.25, 0.3) is 10.6 Å². The van der Waals surface area contributed by atoms with Crippen LogP contribution in [0.5, 0.6) is 5.75 Å². The number of methoxy groups -OCH3 is 1. The van der Waals surface area contributed by atoms with Gasteiger partial charge in [-0.1, -0.05) is 24.3 Å². The van der Waals surface area contributed by atoms with E-state index in [-0.39, 0.29) is 5.91 Å². The Hall–Kier alpha value is -3.79. The number of ether oxygens (including phenoxy) is 2. The Labute approximate surface area is 239 Å². The van der Waals surface area contributed by atoms with Crippen LogP contribution < -0.4 is 15.4 Å². The quantitative estimate of drug-likeness (QED) is 0.232. The first-order valence-corrected chi connectivity index (χ1v) is 14.5. The molecule has 0 atom stereocenters. The molecular formula is C31H35N5O3S. The lowest BCUT2D eigenvalue weighted by Gasteiger charge is -2.26. The van der Waals surface area contributed by atoms with E-state index in [0.717, 1.165) is 74.1 Å². The highest BCUT2D eigenvalue weighted by molar-refractivity contribution is 7.17. The normalized spacial score (nSPS) is 13.6. The fourth-order valence-electron chi connectivity index (χ4n) is 4.56. The number of amides is 1. The zero-order valence-corrected chi connectivity index (χ0v) is 23.6. The lowest BCUT2D eigenvalue weighted by atomic mass is 10.1. The fourth-order valence-corrected chi connectivity index (χ4v) is 5.45. The predicted octanol–water partition coefficient (Wildman–Crippen LogP) is 5.19. The molecule has 1 amide bonds. The molecular weight excluding hydrogens is 522 g/mol. The average molecular weight is 558 g/mol. The van der Waals surface area contributed by atoms with Gasteiger partial charge in [-0.25, -0.2) is 9.97 Å². The van der Waals surface area contributed by atoms with E-state index < -0.39 is 0 Å². The van der Waals surface area contributed by atoms with Crippen molar-refractivity contribution in [1.82, 2.24) is 20.2 Å². The van der Waals surface area contributed by atoms with Crippen LogP contribution in [0, 0.1) is 0 Å². The molecule has 0 aliphatic carbocycles. The topological polar surface area (TPSA) is 88.6 Å². The van der Waals surface area contributed by atoms with Gasteiger partial charge in [-0.05, 0) is 72.9 Å². The van der Waals surface area contributed by atoms with E-state index in [1.807, 2.05) is 36.4 Å². The SMILES string of the molecule is COc1cccc(CCCNC(=O)c2ccc(-c3ccnc(Nc4ccc(CCN5CCOCC5)cc4)n3)s2)c1. The largest absolute Gasteiger partial charge is 0.497 e. The van der Waals surface area contributed by atoms with E-state index >= 15 is 0 Å². The monoisotopic (exact) mass is 557 g/mol. The molecule has 0 bridgehead atoms. The van der Waals surface area contributed by atoms with Gasteiger partial charge >= 0.3 is 0 Å². The fraction of sp³-hybridized carbons (Fsp3) is 0.323. The van der Waals surface area contributed by atoms with E-state index in [1.165, 1.54) is 22.5 Å². The summed E-state index contributed by atoms with van der Waals surface area (Å²) in [5.41, 5.74) is 4.21. The van der Waals surface area contributed by atoms with Gasteiger partial charge in [0, 0.05) is 38.1 Å². The standard InChI is InChI=1S/C31H35N5O3S/c1-38-26-6-2-4-24(22-26)5-3-15-32-30(37)29-12-11-28(40-29)27-13-16-33-31(35-27)34-25-9-7-23(8-10-25)14-17-36-18-20-39-21-19-36/h2,4,6-13,16,22H,3,5,14-15,17-21H2,1H3,(H,32,37)(H,33,34,35). The highest BCUT2D eigenvalue weighted by Crippen LogP contribution is 2.27. The minimum absolute atomic E-state index is 0.0667. The number of nitrogens with one attached hydrogen (secondary N) is 2. The second-order valence-corrected chi connectivity index (χ2v) is 10.8. The van der Waals surface area contributed by atoms with Crippen molar-refractivity contribution in [2.45, 2.75) is 19.3 Å². The number of benzene rings is 2. The van der Waals surface area contributed by atoms with Crippen molar-refractivity contribution in [3.63, 3.8) is 0 Å². The van der Waals surface area contributed by atoms with Gasteiger partial charge < -0.3 is 20.1 Å². The first kappa shape index (κ1) is 27.8. The highest BCUT2D eigenvalue weighted by Gasteiger charge is 2.12. The number of carbonyl (C=O) groups excluding carboxylic acids is 1. The summed E-state index contributed by atoms with van der Waals surface area (Å²) in [5.74, 6) is 1.31. The van der Waals surface area contributed by atoms with Gasteiger partial charge in [-0.2, -0.15) is 0 Å². The Balaban J connectivity index is 1.11. The Kier molecular flexibility index (Phi) is 9.73. The minimum atomic E-state index is -0.0667. The lowest BCUT2D eigenvalue weighted by Crippen LogP contribution is -2.37. The summed E-state index contributed by atoms with van der Waals surface area (Å²) in [7, 11) is 1.67. The van der Waals surface area contributed by atoms with Crippen LogP contribution in [0.1, 0.15) is 27.2 Å². The summed E-state index contributed by atoms with van der Waals surface area (Å²) in [6.45, 7) is 5.33. The number of carbonyl (C=O) groups is 1. The van der Waals surface area contributed by atoms with Gasteiger partial charge in [0.2, 0.25) is 5.95 Å². The summed E-state index contributed by atoms with van der Waals surface area (Å²) in [6.07, 6.45) is 4.48. The molecule has 2 aromatic carbocycles. The van der Waals surface area contributed by atoms with Gasteiger partial charge in [0.05, 0.1) is 35.8 Å². The second-order valence-electron chi connectivity index (χ2n) is 9.67. The maximum Gasteiger partial charge on any atom is 0.261 e. The first-order valence-electron chi connectivity index (χ1n) is 13.7. The molecule has 4 aromatic rings. The first-order chi connectivity index (χ1) is 19.7. The third kappa shape index (κ3) is 7.88. The van der Waals surface area contributed by atoms with Crippen LogP contribution in [0.4, 0.5) is 11.6 Å². The van der Waals surface area contributed by atoms with Gasteiger partial charge in [0.15, 0.2) is 0 Å². The Bertz CT molecular complexity index is 1390. The van der Waals surface area contributed by atoms with Crippen molar-refractivity contribution in [3.8, 4) is 16.3 Å². The number of thiophene rings is 1. The minimum Gasteiger partial charge on any atom is -0.497 e. The molecule has 0 saturated carbocycles. The molecule has 1 saturated heterocycles. The zero-order valence-electron chi connectivity index (χ0n) is 22.8. The third-order valence-electron chi connectivity index (χ3n) is 6.83. The van der Waals surface area contributed by atoms with Crippen LogP contribution in [0.15, 0.2) is 72.9 Å². The maximum absolute atomic E-state index is 12.7. The van der Waals surface area contributed by atoms with Gasteiger partial charge in [0.25, 0.3) is 5.91 Å². The molecule has 9 heteroatoms. The molecule has 2 N–H and O–H groups in total. The Morgan fingerprint density at radius 1 is 1.02 bits per heavy atom. The van der Waals surface area contributed by atoms with Crippen molar-refractivity contribution in [3.05, 3.63) is 88.9 Å². The van der Waals surface area contributed by atoms with E-state index in [9.17, 15) is 4.79 Å². The summed E-state index contributed by atoms with van der Waals surface area (Å²) in [6, 6.07) is 22.1. The van der Waals surface area contributed by atoms with E-state index in [4.69, 9.17) is 9.47 Å². The van der Waals surface area contributed by atoms with Crippen molar-refractivity contribution < 1.29 is 14.3 Å². The summed E-state index contributed by atoms with van der Waals surface area (Å²) in [5, 5.41) is 6.33. The molecule has 1 fully saturated rings. The van der Waals surface area contributed by atoms with Crippen molar-refractivity contribution in [2.75, 3.05) is 51.8 Å². The molecule has 1 aliphatic heterocycles. The van der Waals surface area contributed by atoms with Gasteiger partial charge in [-0.15, -0.1) is 11.3 Å². The smallest absolute Gasteiger partial charge is 0.261 e. The highest BCUT2D eigenvalue weighted by atomic mass is 32.1. The Morgan fingerprint density at radius 2 is 1.88 bits per heavy atom. The van der Waals surface area contributed by atoms with Crippen molar-refractivity contribution in [2.24, 2.45) is 0 Å². The lowest BCUT2D eigenvalue weighted by molar-refractivity contribution is 0.0384. The van der Waals surface area contributed by atoms with Crippen molar-refractivity contribution >= 4 is 28.9 Å². The molecule has 0 spiro atoms. The summed E-state index contributed by atoms with van der Waals surface area (Å²) < 4.78 is 10.7. The number of morpholine rings is 1. The number of nitrogens with zero attached hydrogens (tertiary/aromatic N) is 3. The van der Waals surface area contributed by atoms with Crippen LogP contribution in [0.2, 0.25) is 0 Å². The van der Waals surface area contributed by atoms with Crippen LogP contribution >= 0.6 is 11.3 Å². The average Bonchev–Trinajstić information content (AvgIpc) is 3.51. The predicted molar refractivity (Wildman–Crippen MR) is 160 cm³/mol. The number of anilines is 2. The number of hydrogen-bond donors (Lipinski definition) is 2. The second kappa shape index (κ2) is 14.0. The van der Waals surface area contributed by atoms with Crippen LogP contribution in [0.3, 0.4) is 0 Å². The molecule has 5 rings (SSSR count). The van der Waals surface area contributed by atoms with E-state index in [2.05, 4.69) is 55.8 Å².